The van der Waals surface area contributed by atoms with Crippen LogP contribution in [-0.2, 0) is 0 Å². The van der Waals surface area contributed by atoms with Crippen LogP contribution in [0.1, 0.15) is 15.9 Å². The van der Waals surface area contributed by atoms with Gasteiger partial charge in [0, 0.05) is 12.3 Å². The van der Waals surface area contributed by atoms with Crippen molar-refractivity contribution in [3.8, 4) is 11.6 Å². The molecule has 0 aliphatic rings. The number of carboxylic acids is 1. The molecule has 17 heavy (non-hydrogen) atoms. The molecular formula is C13H11NO3. The van der Waals surface area contributed by atoms with Gasteiger partial charge in [0.1, 0.15) is 5.75 Å². The van der Waals surface area contributed by atoms with E-state index in [0.29, 0.717) is 5.75 Å². The van der Waals surface area contributed by atoms with Crippen LogP contribution in [0.2, 0.25) is 0 Å². The van der Waals surface area contributed by atoms with Gasteiger partial charge >= 0.3 is 5.97 Å². The first-order valence-electron chi connectivity index (χ1n) is 5.09. The Bertz CT molecular complexity index is 535. The summed E-state index contributed by atoms with van der Waals surface area (Å²) in [5.41, 5.74) is 1.28. The Morgan fingerprint density at radius 2 is 1.94 bits per heavy atom. The molecule has 0 atom stereocenters. The summed E-state index contributed by atoms with van der Waals surface area (Å²) in [6.07, 6.45) is 1.41. The zero-order valence-corrected chi connectivity index (χ0v) is 9.25. The van der Waals surface area contributed by atoms with Gasteiger partial charge in [-0.05, 0) is 25.1 Å². The Morgan fingerprint density at radius 3 is 2.59 bits per heavy atom. The fraction of sp³-hybridized carbons (Fsp3) is 0.0769. The Hall–Kier alpha value is -2.36. The third kappa shape index (κ3) is 2.81. The van der Waals surface area contributed by atoms with Gasteiger partial charge < -0.3 is 9.84 Å². The quantitative estimate of drug-likeness (QED) is 0.879. The highest BCUT2D eigenvalue weighted by Crippen LogP contribution is 2.20. The molecule has 0 radical (unpaired) electrons. The van der Waals surface area contributed by atoms with E-state index in [4.69, 9.17) is 9.84 Å². The van der Waals surface area contributed by atoms with Crippen LogP contribution in [0.25, 0.3) is 0 Å². The molecule has 0 amide bonds. The molecule has 1 heterocycles. The van der Waals surface area contributed by atoms with Gasteiger partial charge in [-0.1, -0.05) is 17.7 Å². The van der Waals surface area contributed by atoms with E-state index in [2.05, 4.69) is 4.98 Å². The number of ether oxygens (including phenoxy) is 1. The number of pyridine rings is 1. The van der Waals surface area contributed by atoms with E-state index in [1.807, 2.05) is 31.2 Å². The highest BCUT2D eigenvalue weighted by Gasteiger charge is 2.05. The van der Waals surface area contributed by atoms with Gasteiger partial charge in [0.25, 0.3) is 0 Å². The fourth-order valence-electron chi connectivity index (χ4n) is 1.33. The van der Waals surface area contributed by atoms with Crippen LogP contribution >= 0.6 is 0 Å². The Balaban J connectivity index is 2.21. The molecule has 0 unspecified atom stereocenters. The maximum atomic E-state index is 10.8. The van der Waals surface area contributed by atoms with Crippen molar-refractivity contribution in [1.82, 2.24) is 4.98 Å². The minimum Gasteiger partial charge on any atom is -0.478 e. The normalized spacial score (nSPS) is 9.94. The van der Waals surface area contributed by atoms with E-state index in [0.717, 1.165) is 5.56 Å². The highest BCUT2D eigenvalue weighted by molar-refractivity contribution is 5.87. The first-order chi connectivity index (χ1) is 8.15. The first-order valence-corrected chi connectivity index (χ1v) is 5.09. The van der Waals surface area contributed by atoms with Crippen molar-refractivity contribution < 1.29 is 14.6 Å². The van der Waals surface area contributed by atoms with Gasteiger partial charge in [-0.25, -0.2) is 9.78 Å². The Labute approximate surface area is 98.5 Å². The SMILES string of the molecule is Cc1ccc(Oc2cc(C(=O)O)ccn2)cc1. The minimum absolute atomic E-state index is 0.155. The standard InChI is InChI=1S/C13H11NO3/c1-9-2-4-11(5-3-9)17-12-8-10(13(15)16)6-7-14-12/h2-8H,1H3,(H,15,16). The summed E-state index contributed by atoms with van der Waals surface area (Å²) < 4.78 is 5.45. The molecule has 86 valence electrons. The zero-order valence-electron chi connectivity index (χ0n) is 9.25. The summed E-state index contributed by atoms with van der Waals surface area (Å²) in [6, 6.07) is 10.3. The first kappa shape index (κ1) is 11.1. The molecule has 2 rings (SSSR count). The molecule has 2 aromatic rings. The van der Waals surface area contributed by atoms with E-state index in [9.17, 15) is 4.79 Å². The number of benzene rings is 1. The largest absolute Gasteiger partial charge is 0.478 e. The molecule has 0 bridgehead atoms. The number of carbonyl (C=O) groups is 1. The highest BCUT2D eigenvalue weighted by atomic mass is 16.5. The van der Waals surface area contributed by atoms with Crippen LogP contribution in [0.5, 0.6) is 11.6 Å². The number of nitrogens with zero attached hydrogens (tertiary/aromatic N) is 1. The maximum Gasteiger partial charge on any atom is 0.335 e. The number of rotatable bonds is 3. The van der Waals surface area contributed by atoms with Crippen LogP contribution in [0, 0.1) is 6.92 Å². The number of aromatic nitrogens is 1. The van der Waals surface area contributed by atoms with Gasteiger partial charge in [0.05, 0.1) is 5.56 Å². The van der Waals surface area contributed by atoms with Gasteiger partial charge in [0.2, 0.25) is 5.88 Å². The predicted molar refractivity (Wildman–Crippen MR) is 62.4 cm³/mol. The molecule has 0 saturated carbocycles. The second kappa shape index (κ2) is 4.65. The smallest absolute Gasteiger partial charge is 0.335 e. The molecule has 1 aromatic heterocycles. The third-order valence-corrected chi connectivity index (χ3v) is 2.23. The molecule has 4 nitrogen and oxygen atoms in total. The fourth-order valence-corrected chi connectivity index (χ4v) is 1.33. The summed E-state index contributed by atoms with van der Waals surface area (Å²) in [7, 11) is 0. The molecule has 0 saturated heterocycles. The van der Waals surface area contributed by atoms with Crippen molar-refractivity contribution in [2.24, 2.45) is 0 Å². The summed E-state index contributed by atoms with van der Waals surface area (Å²) in [5.74, 6) is -0.0967. The van der Waals surface area contributed by atoms with Gasteiger partial charge in [0.15, 0.2) is 0 Å². The van der Waals surface area contributed by atoms with E-state index < -0.39 is 5.97 Å². The molecular weight excluding hydrogens is 218 g/mol. The van der Waals surface area contributed by atoms with Gasteiger partial charge in [-0.3, -0.25) is 0 Å². The predicted octanol–water partition coefficient (Wildman–Crippen LogP) is 2.88. The summed E-state index contributed by atoms with van der Waals surface area (Å²) in [5, 5.41) is 8.83. The third-order valence-electron chi connectivity index (χ3n) is 2.23. The van der Waals surface area contributed by atoms with Crippen molar-refractivity contribution in [2.45, 2.75) is 6.92 Å². The Kier molecular flexibility index (Phi) is 3.05. The van der Waals surface area contributed by atoms with Gasteiger partial charge in [-0.15, -0.1) is 0 Å². The van der Waals surface area contributed by atoms with E-state index in [1.165, 1.54) is 18.3 Å². The van der Waals surface area contributed by atoms with E-state index >= 15 is 0 Å². The number of hydrogen-bond acceptors (Lipinski definition) is 3. The van der Waals surface area contributed by atoms with Crippen LogP contribution in [-0.4, -0.2) is 16.1 Å². The summed E-state index contributed by atoms with van der Waals surface area (Å²) in [6.45, 7) is 1.98. The lowest BCUT2D eigenvalue weighted by Crippen LogP contribution is -1.97. The van der Waals surface area contributed by atoms with Crippen LogP contribution in [0.4, 0.5) is 0 Å². The average molecular weight is 229 g/mol. The second-order valence-electron chi connectivity index (χ2n) is 3.60. The minimum atomic E-state index is -0.999. The van der Waals surface area contributed by atoms with E-state index in [-0.39, 0.29) is 11.4 Å². The summed E-state index contributed by atoms with van der Waals surface area (Å²) >= 11 is 0. The second-order valence-corrected chi connectivity index (χ2v) is 3.60. The lowest BCUT2D eigenvalue weighted by Gasteiger charge is -2.05. The number of aryl methyl sites for hydroxylation is 1. The van der Waals surface area contributed by atoms with Crippen LogP contribution in [0.3, 0.4) is 0 Å². The molecule has 0 aliphatic heterocycles. The van der Waals surface area contributed by atoms with Crippen molar-refractivity contribution in [1.29, 1.82) is 0 Å². The van der Waals surface area contributed by atoms with Crippen molar-refractivity contribution in [3.63, 3.8) is 0 Å². The van der Waals surface area contributed by atoms with E-state index in [1.54, 1.807) is 0 Å². The monoisotopic (exact) mass is 229 g/mol. The molecule has 0 spiro atoms. The maximum absolute atomic E-state index is 10.8. The number of carboxylic acid groups (broad SMARTS) is 1. The topological polar surface area (TPSA) is 59.4 Å². The zero-order chi connectivity index (χ0) is 12.3. The Morgan fingerprint density at radius 1 is 1.24 bits per heavy atom. The van der Waals surface area contributed by atoms with Crippen molar-refractivity contribution >= 4 is 5.97 Å². The number of aromatic carboxylic acids is 1. The van der Waals surface area contributed by atoms with Crippen LogP contribution < -0.4 is 4.74 Å². The summed E-state index contributed by atoms with van der Waals surface area (Å²) in [4.78, 5) is 14.7. The molecule has 1 aromatic carbocycles. The van der Waals surface area contributed by atoms with Gasteiger partial charge in [-0.2, -0.15) is 0 Å². The molecule has 0 aliphatic carbocycles. The average Bonchev–Trinajstić information content (AvgIpc) is 2.32. The molecule has 1 N–H and O–H groups in total. The van der Waals surface area contributed by atoms with Crippen molar-refractivity contribution in [2.75, 3.05) is 0 Å². The lowest BCUT2D eigenvalue weighted by molar-refractivity contribution is 0.0696. The lowest BCUT2D eigenvalue weighted by atomic mass is 10.2. The molecule has 4 heteroatoms. The van der Waals surface area contributed by atoms with Crippen molar-refractivity contribution in [3.05, 3.63) is 53.7 Å². The molecule has 0 fully saturated rings. The van der Waals surface area contributed by atoms with Crippen LogP contribution in [0.15, 0.2) is 42.6 Å². The number of hydrogen-bond donors (Lipinski definition) is 1.